The zero-order valence-electron chi connectivity index (χ0n) is 22.0. The Hall–Kier alpha value is -3.47. The first kappa shape index (κ1) is 27.6. The van der Waals surface area contributed by atoms with E-state index in [1.54, 1.807) is 13.1 Å². The van der Waals surface area contributed by atoms with E-state index >= 15 is 4.39 Å². The van der Waals surface area contributed by atoms with Gasteiger partial charge in [0.15, 0.2) is 9.84 Å². The minimum atomic E-state index is -3.49. The highest BCUT2D eigenvalue weighted by Crippen LogP contribution is 2.32. The van der Waals surface area contributed by atoms with Crippen LogP contribution in [0.25, 0.3) is 5.69 Å². The second-order valence-corrected chi connectivity index (χ2v) is 11.8. The number of anilines is 1. The molecule has 38 heavy (non-hydrogen) atoms. The molecular weight excluding hydrogens is 511 g/mol. The molecule has 1 amide bonds. The Balaban J connectivity index is 1.75. The molecule has 1 aliphatic rings. The van der Waals surface area contributed by atoms with Crippen LogP contribution in [-0.4, -0.2) is 41.0 Å². The van der Waals surface area contributed by atoms with Crippen LogP contribution in [0.1, 0.15) is 62.1 Å². The molecule has 1 atom stereocenters. The molecular formula is C27H33FN4O5S. The molecule has 1 fully saturated rings. The first-order chi connectivity index (χ1) is 18.0. The Morgan fingerprint density at radius 2 is 1.92 bits per heavy atom. The summed E-state index contributed by atoms with van der Waals surface area (Å²) in [7, 11) is -1.92. The molecule has 1 N–H and O–H groups in total. The SMILES string of the molecule is CCc1nn(-c2cc(O[C@@H](C)C3CCCCC3)c(C(=O)Nc3cccc(S(C)(=O)=O)c3)cc2F)c(=O)n1C. The molecule has 0 aliphatic heterocycles. The maximum atomic E-state index is 15.4. The van der Waals surface area contributed by atoms with Gasteiger partial charge in [-0.15, -0.1) is 5.10 Å². The van der Waals surface area contributed by atoms with E-state index in [1.165, 1.54) is 35.3 Å². The van der Waals surface area contributed by atoms with Crippen molar-refractivity contribution >= 4 is 21.4 Å². The zero-order chi connectivity index (χ0) is 27.6. The fourth-order valence-corrected chi connectivity index (χ4v) is 5.49. The van der Waals surface area contributed by atoms with Crippen LogP contribution in [0.5, 0.6) is 5.75 Å². The monoisotopic (exact) mass is 544 g/mol. The number of halogens is 1. The fourth-order valence-electron chi connectivity index (χ4n) is 4.83. The summed E-state index contributed by atoms with van der Waals surface area (Å²) in [5.41, 5.74) is -0.464. The normalized spacial score (nSPS) is 15.3. The summed E-state index contributed by atoms with van der Waals surface area (Å²) in [5.74, 6) is -0.606. The molecule has 3 aromatic rings. The Morgan fingerprint density at radius 1 is 1.21 bits per heavy atom. The van der Waals surface area contributed by atoms with Gasteiger partial charge in [0.2, 0.25) is 0 Å². The Bertz CT molecular complexity index is 1510. The van der Waals surface area contributed by atoms with Gasteiger partial charge in [-0.05, 0) is 49.9 Å². The van der Waals surface area contributed by atoms with Crippen LogP contribution in [0, 0.1) is 11.7 Å². The summed E-state index contributed by atoms with van der Waals surface area (Å²) in [6.07, 6.45) is 6.66. The van der Waals surface area contributed by atoms with E-state index in [0.717, 1.165) is 42.7 Å². The number of hydrogen-bond acceptors (Lipinski definition) is 6. The smallest absolute Gasteiger partial charge is 0.350 e. The van der Waals surface area contributed by atoms with E-state index in [0.29, 0.717) is 12.2 Å². The second-order valence-electron chi connectivity index (χ2n) is 9.80. The topological polar surface area (TPSA) is 112 Å². The molecule has 1 saturated carbocycles. The number of nitrogens with one attached hydrogen (secondary N) is 1. The van der Waals surface area contributed by atoms with Crippen molar-refractivity contribution in [3.63, 3.8) is 0 Å². The van der Waals surface area contributed by atoms with Crippen molar-refractivity contribution < 1.29 is 22.3 Å². The zero-order valence-corrected chi connectivity index (χ0v) is 22.8. The van der Waals surface area contributed by atoms with Crippen LogP contribution < -0.4 is 15.7 Å². The first-order valence-corrected chi connectivity index (χ1v) is 14.7. The molecule has 4 rings (SSSR count). The number of sulfone groups is 1. The predicted molar refractivity (Wildman–Crippen MR) is 142 cm³/mol. The van der Waals surface area contributed by atoms with Crippen molar-refractivity contribution in [3.05, 3.63) is 64.1 Å². The largest absolute Gasteiger partial charge is 0.490 e. The average Bonchev–Trinajstić information content (AvgIpc) is 3.18. The number of aromatic nitrogens is 3. The Labute approximate surface area is 221 Å². The van der Waals surface area contributed by atoms with Gasteiger partial charge in [0.1, 0.15) is 23.1 Å². The van der Waals surface area contributed by atoms with Gasteiger partial charge in [0.05, 0.1) is 16.6 Å². The van der Waals surface area contributed by atoms with Gasteiger partial charge in [-0.3, -0.25) is 9.36 Å². The number of aryl methyl sites for hydroxylation is 1. The Morgan fingerprint density at radius 3 is 2.55 bits per heavy atom. The number of carbonyl (C=O) groups is 1. The number of amides is 1. The van der Waals surface area contributed by atoms with E-state index in [1.807, 2.05) is 13.8 Å². The molecule has 9 nitrogen and oxygen atoms in total. The fraction of sp³-hybridized carbons (Fsp3) is 0.444. The van der Waals surface area contributed by atoms with Gasteiger partial charge < -0.3 is 10.1 Å². The molecule has 0 bridgehead atoms. The summed E-state index contributed by atoms with van der Waals surface area (Å²) in [4.78, 5) is 26.2. The van der Waals surface area contributed by atoms with Gasteiger partial charge in [0.25, 0.3) is 5.91 Å². The van der Waals surface area contributed by atoms with Gasteiger partial charge in [-0.2, -0.15) is 4.68 Å². The van der Waals surface area contributed by atoms with Crippen LogP contribution in [0.2, 0.25) is 0 Å². The highest BCUT2D eigenvalue weighted by Gasteiger charge is 2.26. The van der Waals surface area contributed by atoms with Crippen molar-refractivity contribution in [2.45, 2.75) is 63.4 Å². The number of hydrogen-bond donors (Lipinski definition) is 1. The number of rotatable bonds is 8. The lowest BCUT2D eigenvalue weighted by Gasteiger charge is -2.29. The standard InChI is InChI=1S/C27H33FN4O5S/c1-5-25-30-32(27(34)31(25)3)23-16-24(37-17(2)18-10-7-6-8-11-18)21(15-22(23)28)26(33)29-19-12-9-13-20(14-19)38(4,35)36/h9,12-18H,5-8,10-11H2,1-4H3,(H,29,33)/t17-/m0/s1. The molecule has 1 aliphatic carbocycles. The molecule has 204 valence electrons. The third kappa shape index (κ3) is 5.82. The molecule has 1 heterocycles. The summed E-state index contributed by atoms with van der Waals surface area (Å²) < 4.78 is 47.9. The minimum Gasteiger partial charge on any atom is -0.490 e. The van der Waals surface area contributed by atoms with Crippen molar-refractivity contribution in [2.75, 3.05) is 11.6 Å². The van der Waals surface area contributed by atoms with Gasteiger partial charge in [-0.1, -0.05) is 32.3 Å². The first-order valence-electron chi connectivity index (χ1n) is 12.8. The number of nitrogens with zero attached hydrogens (tertiary/aromatic N) is 3. The Kier molecular flexibility index (Phi) is 8.05. The maximum absolute atomic E-state index is 15.4. The van der Waals surface area contributed by atoms with Crippen LogP contribution >= 0.6 is 0 Å². The summed E-state index contributed by atoms with van der Waals surface area (Å²) in [6, 6.07) is 8.18. The molecule has 0 saturated heterocycles. The lowest BCUT2D eigenvalue weighted by Crippen LogP contribution is -2.27. The highest BCUT2D eigenvalue weighted by atomic mass is 32.2. The lowest BCUT2D eigenvalue weighted by atomic mass is 9.86. The van der Waals surface area contributed by atoms with Crippen molar-refractivity contribution in [1.29, 1.82) is 0 Å². The van der Waals surface area contributed by atoms with Gasteiger partial charge >= 0.3 is 5.69 Å². The van der Waals surface area contributed by atoms with Crippen LogP contribution in [0.3, 0.4) is 0 Å². The molecule has 1 aromatic heterocycles. The van der Waals surface area contributed by atoms with Crippen molar-refractivity contribution in [2.24, 2.45) is 13.0 Å². The van der Waals surface area contributed by atoms with E-state index < -0.39 is 27.3 Å². The quantitative estimate of drug-likeness (QED) is 0.453. The van der Waals surface area contributed by atoms with E-state index in [2.05, 4.69) is 10.4 Å². The summed E-state index contributed by atoms with van der Waals surface area (Å²) >= 11 is 0. The molecule has 0 spiro atoms. The van der Waals surface area contributed by atoms with Crippen molar-refractivity contribution in [3.8, 4) is 11.4 Å². The third-order valence-corrected chi connectivity index (χ3v) is 8.17. The minimum absolute atomic E-state index is 0.0421. The van der Waals surface area contributed by atoms with Crippen LogP contribution in [0.15, 0.2) is 46.1 Å². The molecule has 11 heteroatoms. The van der Waals surface area contributed by atoms with Crippen molar-refractivity contribution in [1.82, 2.24) is 14.3 Å². The van der Waals surface area contributed by atoms with E-state index in [4.69, 9.17) is 4.74 Å². The molecule has 2 aromatic carbocycles. The summed E-state index contributed by atoms with van der Waals surface area (Å²) in [6.45, 7) is 3.77. The van der Waals surface area contributed by atoms with Gasteiger partial charge in [-0.25, -0.2) is 17.6 Å². The number of carbonyl (C=O) groups excluding carboxylic acids is 1. The van der Waals surface area contributed by atoms with E-state index in [-0.39, 0.29) is 39.6 Å². The maximum Gasteiger partial charge on any atom is 0.350 e. The van der Waals surface area contributed by atoms with Crippen LogP contribution in [0.4, 0.5) is 10.1 Å². The number of benzene rings is 2. The predicted octanol–water partition coefficient (Wildman–Crippen LogP) is 4.28. The highest BCUT2D eigenvalue weighted by molar-refractivity contribution is 7.90. The number of ether oxygens (including phenoxy) is 1. The van der Waals surface area contributed by atoms with Crippen LogP contribution in [-0.2, 0) is 23.3 Å². The average molecular weight is 545 g/mol. The second kappa shape index (κ2) is 11.1. The van der Waals surface area contributed by atoms with Gasteiger partial charge in [0, 0.05) is 31.5 Å². The third-order valence-electron chi connectivity index (χ3n) is 7.06. The van der Waals surface area contributed by atoms with E-state index in [9.17, 15) is 18.0 Å². The summed E-state index contributed by atoms with van der Waals surface area (Å²) in [5, 5.41) is 6.90. The molecule has 0 unspecified atom stereocenters. The molecule has 0 radical (unpaired) electrons. The lowest BCUT2D eigenvalue weighted by molar-refractivity contribution is 0.0997.